The molecule has 0 unspecified atom stereocenters. The van der Waals surface area contributed by atoms with E-state index in [0.29, 0.717) is 18.9 Å². The quantitative estimate of drug-likeness (QED) is 0.619. The molecule has 19 heavy (non-hydrogen) atoms. The number of aromatic nitrogens is 3. The summed E-state index contributed by atoms with van der Waals surface area (Å²) in [7, 11) is 0. The molecule has 0 aliphatic rings. The summed E-state index contributed by atoms with van der Waals surface area (Å²) in [5.74, 6) is 0.454. The number of rotatable bonds is 5. The van der Waals surface area contributed by atoms with Gasteiger partial charge in [-0.1, -0.05) is 5.16 Å². The van der Waals surface area contributed by atoms with Crippen LogP contribution in [0.25, 0.3) is 0 Å². The largest absolute Gasteiger partial charge is 0.364 e. The van der Waals surface area contributed by atoms with Crippen LogP contribution in [0.15, 0.2) is 23.1 Å². The highest BCUT2D eigenvalue weighted by Gasteiger charge is 2.20. The summed E-state index contributed by atoms with van der Waals surface area (Å²) < 4.78 is 4.79. The lowest BCUT2D eigenvalue weighted by Crippen LogP contribution is -2.09. The van der Waals surface area contributed by atoms with Crippen molar-refractivity contribution in [2.24, 2.45) is 0 Å². The fraction of sp³-hybridized carbons (Fsp3) is 0.200. The standard InChI is InChI=1S/C10H8N6O3/c11-5-7-1-3-12-10(9(7)16(17)18)13-4-2-8-14-6-15-19-8/h1,3,6H,2,4H2,(H,12,13). The number of pyridine rings is 1. The SMILES string of the molecule is N#Cc1ccnc(NCCc2ncno2)c1[N+](=O)[O-]. The summed E-state index contributed by atoms with van der Waals surface area (Å²) in [6, 6.07) is 3.05. The lowest BCUT2D eigenvalue weighted by Gasteiger charge is -2.04. The molecule has 2 heterocycles. The molecule has 0 saturated heterocycles. The maximum atomic E-state index is 10.9. The number of nitriles is 1. The van der Waals surface area contributed by atoms with Gasteiger partial charge in [0.2, 0.25) is 11.7 Å². The predicted octanol–water partition coefficient (Wildman–Crippen LogP) is 0.899. The van der Waals surface area contributed by atoms with E-state index in [9.17, 15) is 10.1 Å². The van der Waals surface area contributed by atoms with Crippen LogP contribution in [0, 0.1) is 21.4 Å². The molecule has 1 N–H and O–H groups in total. The second-order valence-electron chi connectivity index (χ2n) is 3.44. The lowest BCUT2D eigenvalue weighted by molar-refractivity contribution is -0.384. The van der Waals surface area contributed by atoms with Crippen molar-refractivity contribution in [1.29, 1.82) is 5.26 Å². The van der Waals surface area contributed by atoms with Gasteiger partial charge in [0.25, 0.3) is 0 Å². The van der Waals surface area contributed by atoms with Crippen molar-refractivity contribution in [2.75, 3.05) is 11.9 Å². The molecule has 96 valence electrons. The van der Waals surface area contributed by atoms with Crippen LogP contribution in [0.1, 0.15) is 11.5 Å². The van der Waals surface area contributed by atoms with E-state index in [2.05, 4.69) is 20.4 Å². The first kappa shape index (κ1) is 12.4. The molecule has 9 nitrogen and oxygen atoms in total. The Morgan fingerprint density at radius 1 is 1.53 bits per heavy atom. The number of hydrogen-bond acceptors (Lipinski definition) is 8. The summed E-state index contributed by atoms with van der Waals surface area (Å²) in [5, 5.41) is 26.0. The van der Waals surface area contributed by atoms with Crippen LogP contribution in [0.2, 0.25) is 0 Å². The van der Waals surface area contributed by atoms with Crippen LogP contribution < -0.4 is 5.32 Å². The zero-order valence-corrected chi connectivity index (χ0v) is 9.61. The van der Waals surface area contributed by atoms with Crippen molar-refractivity contribution in [3.05, 3.63) is 40.2 Å². The molecule has 2 aromatic rings. The van der Waals surface area contributed by atoms with Crippen molar-refractivity contribution in [2.45, 2.75) is 6.42 Å². The van der Waals surface area contributed by atoms with E-state index in [-0.39, 0.29) is 17.1 Å². The van der Waals surface area contributed by atoms with Gasteiger partial charge in [-0.3, -0.25) is 10.1 Å². The van der Waals surface area contributed by atoms with Gasteiger partial charge in [-0.2, -0.15) is 10.2 Å². The Morgan fingerprint density at radius 2 is 2.37 bits per heavy atom. The molecule has 9 heteroatoms. The minimum Gasteiger partial charge on any atom is -0.364 e. The van der Waals surface area contributed by atoms with Crippen LogP contribution in [0.5, 0.6) is 0 Å². The van der Waals surface area contributed by atoms with E-state index in [4.69, 9.17) is 9.78 Å². The summed E-state index contributed by atoms with van der Waals surface area (Å²) in [6.07, 6.45) is 3.00. The van der Waals surface area contributed by atoms with Crippen LogP contribution in [-0.4, -0.2) is 26.6 Å². The summed E-state index contributed by atoms with van der Waals surface area (Å²) in [5.41, 5.74) is -0.379. The lowest BCUT2D eigenvalue weighted by atomic mass is 10.2. The molecular weight excluding hydrogens is 252 g/mol. The average molecular weight is 260 g/mol. The predicted molar refractivity (Wildman–Crippen MR) is 62.1 cm³/mol. The van der Waals surface area contributed by atoms with Gasteiger partial charge in [0.1, 0.15) is 11.6 Å². The Balaban J connectivity index is 2.12. The van der Waals surface area contributed by atoms with Crippen molar-refractivity contribution in [1.82, 2.24) is 15.1 Å². The molecule has 2 rings (SSSR count). The molecular formula is C10H8N6O3. The Morgan fingerprint density at radius 3 is 3.00 bits per heavy atom. The molecule has 2 aromatic heterocycles. The fourth-order valence-electron chi connectivity index (χ4n) is 1.45. The van der Waals surface area contributed by atoms with Gasteiger partial charge in [-0.15, -0.1) is 0 Å². The first-order valence-corrected chi connectivity index (χ1v) is 5.25. The van der Waals surface area contributed by atoms with E-state index in [0.717, 1.165) is 0 Å². The Labute approximate surface area is 107 Å². The van der Waals surface area contributed by atoms with Crippen LogP contribution in [0.4, 0.5) is 11.5 Å². The van der Waals surface area contributed by atoms with E-state index >= 15 is 0 Å². The molecule has 0 atom stereocenters. The number of hydrogen-bond donors (Lipinski definition) is 1. The molecule has 0 radical (unpaired) electrons. The molecule has 0 spiro atoms. The second kappa shape index (κ2) is 5.54. The van der Waals surface area contributed by atoms with Crippen molar-refractivity contribution >= 4 is 11.5 Å². The topological polar surface area (TPSA) is 131 Å². The molecule has 0 bridgehead atoms. The number of anilines is 1. The van der Waals surface area contributed by atoms with Gasteiger partial charge in [-0.05, 0) is 6.07 Å². The van der Waals surface area contributed by atoms with Gasteiger partial charge in [0.15, 0.2) is 6.33 Å². The van der Waals surface area contributed by atoms with Crippen molar-refractivity contribution < 1.29 is 9.45 Å². The van der Waals surface area contributed by atoms with Crippen LogP contribution >= 0.6 is 0 Å². The van der Waals surface area contributed by atoms with Crippen LogP contribution in [-0.2, 0) is 6.42 Å². The van der Waals surface area contributed by atoms with E-state index in [1.807, 2.05) is 0 Å². The average Bonchev–Trinajstić information content (AvgIpc) is 2.91. The maximum absolute atomic E-state index is 10.9. The van der Waals surface area contributed by atoms with Gasteiger partial charge in [-0.25, -0.2) is 4.98 Å². The third-order valence-corrected chi connectivity index (χ3v) is 2.27. The number of nitro groups is 1. The number of nitrogens with one attached hydrogen (secondary N) is 1. The summed E-state index contributed by atoms with van der Waals surface area (Å²) in [4.78, 5) is 18.0. The van der Waals surface area contributed by atoms with E-state index in [1.165, 1.54) is 18.6 Å². The highest BCUT2D eigenvalue weighted by Crippen LogP contribution is 2.25. The molecule has 0 amide bonds. The summed E-state index contributed by atoms with van der Waals surface area (Å²) in [6.45, 7) is 0.324. The van der Waals surface area contributed by atoms with Crippen molar-refractivity contribution in [3.8, 4) is 6.07 Å². The smallest absolute Gasteiger partial charge is 0.328 e. The molecule has 0 saturated carbocycles. The van der Waals surface area contributed by atoms with E-state index in [1.54, 1.807) is 6.07 Å². The van der Waals surface area contributed by atoms with Crippen LogP contribution in [0.3, 0.4) is 0 Å². The Kier molecular flexibility index (Phi) is 3.63. The molecule has 0 aliphatic carbocycles. The van der Waals surface area contributed by atoms with Gasteiger partial charge in [0.05, 0.1) is 4.92 Å². The fourth-order valence-corrected chi connectivity index (χ4v) is 1.45. The minimum absolute atomic E-state index is 0.0414. The van der Waals surface area contributed by atoms with Gasteiger partial charge < -0.3 is 9.84 Å². The zero-order valence-electron chi connectivity index (χ0n) is 9.61. The second-order valence-corrected chi connectivity index (χ2v) is 3.44. The number of nitrogens with zero attached hydrogens (tertiary/aromatic N) is 5. The molecule has 0 aliphatic heterocycles. The first-order valence-electron chi connectivity index (χ1n) is 5.25. The van der Waals surface area contributed by atoms with Gasteiger partial charge >= 0.3 is 5.69 Å². The highest BCUT2D eigenvalue weighted by molar-refractivity contribution is 5.63. The third kappa shape index (κ3) is 2.81. The monoisotopic (exact) mass is 260 g/mol. The third-order valence-electron chi connectivity index (χ3n) is 2.27. The molecule has 0 aromatic carbocycles. The van der Waals surface area contributed by atoms with Gasteiger partial charge in [0, 0.05) is 19.2 Å². The van der Waals surface area contributed by atoms with E-state index < -0.39 is 4.92 Å². The Bertz CT molecular complexity index is 619. The summed E-state index contributed by atoms with van der Waals surface area (Å²) >= 11 is 0. The zero-order chi connectivity index (χ0) is 13.7. The highest BCUT2D eigenvalue weighted by atomic mass is 16.6. The van der Waals surface area contributed by atoms with Crippen molar-refractivity contribution in [3.63, 3.8) is 0 Å². The maximum Gasteiger partial charge on any atom is 0.328 e. The minimum atomic E-state index is -0.638. The molecule has 0 fully saturated rings. The normalized spacial score (nSPS) is 9.84. The first-order chi connectivity index (χ1) is 9.22. The Hall–Kier alpha value is -3.02.